The molecular weight excluding hydrogens is 548 g/mol. The summed E-state index contributed by atoms with van der Waals surface area (Å²) in [6.07, 6.45) is 5.13. The first kappa shape index (κ1) is 27.2. The standard InChI is InChI=1S/C34H32N2O7/c1-40-24-14-10-21(11-15-24)27-28(29(37)22-12-16-25(41-2)17-13-22)36-30(26-9-5-4-8-23(26)20-35-36)34(27)31(38)42-33(43-32(34)39)18-6-3-7-19-33/h4-5,8-17,20,27-28,30H,3,6-7,18-19H2,1-2H3/t27-,28+,30?/m0/s1. The highest BCUT2D eigenvalue weighted by Gasteiger charge is 2.75. The van der Waals surface area contributed by atoms with Gasteiger partial charge in [0.15, 0.2) is 5.78 Å². The number of rotatable bonds is 5. The second-order valence-corrected chi connectivity index (χ2v) is 11.6. The van der Waals surface area contributed by atoms with Crippen molar-refractivity contribution in [2.24, 2.45) is 10.5 Å². The molecule has 3 aromatic carbocycles. The number of hydrogen-bond donors (Lipinski definition) is 0. The molecule has 2 saturated heterocycles. The zero-order valence-corrected chi connectivity index (χ0v) is 24.0. The molecule has 0 aromatic heterocycles. The van der Waals surface area contributed by atoms with Crippen LogP contribution in [0.25, 0.3) is 0 Å². The summed E-state index contributed by atoms with van der Waals surface area (Å²) in [4.78, 5) is 44.0. The van der Waals surface area contributed by atoms with Crippen LogP contribution >= 0.6 is 0 Å². The van der Waals surface area contributed by atoms with Gasteiger partial charge in [0.05, 0.1) is 20.4 Å². The third-order valence-corrected chi connectivity index (χ3v) is 9.37. The van der Waals surface area contributed by atoms with Crippen LogP contribution < -0.4 is 9.47 Å². The molecule has 2 spiro atoms. The van der Waals surface area contributed by atoms with Gasteiger partial charge in [-0.05, 0) is 65.9 Å². The number of Topliss-reactive ketones (excluding diaryl/α,β-unsaturated/α-hetero) is 1. The van der Waals surface area contributed by atoms with Crippen LogP contribution in [0.15, 0.2) is 77.9 Å². The molecule has 1 aliphatic carbocycles. The quantitative estimate of drug-likeness (QED) is 0.231. The number of carbonyl (C=O) groups excluding carboxylic acids is 3. The monoisotopic (exact) mass is 580 g/mol. The van der Waals surface area contributed by atoms with Crippen molar-refractivity contribution >= 4 is 23.9 Å². The minimum absolute atomic E-state index is 0.291. The van der Waals surface area contributed by atoms with Crippen LogP contribution in [0.4, 0.5) is 0 Å². The number of fused-ring (bicyclic) bond motifs is 4. The lowest BCUT2D eigenvalue weighted by molar-refractivity contribution is -0.273. The molecule has 3 aliphatic heterocycles. The van der Waals surface area contributed by atoms with E-state index in [-0.39, 0.29) is 5.78 Å². The Kier molecular flexibility index (Phi) is 6.49. The van der Waals surface area contributed by atoms with Gasteiger partial charge < -0.3 is 18.9 Å². The number of esters is 2. The third-order valence-electron chi connectivity index (χ3n) is 9.37. The van der Waals surface area contributed by atoms with Crippen LogP contribution in [0, 0.1) is 5.41 Å². The first-order chi connectivity index (χ1) is 20.9. The Balaban J connectivity index is 1.46. The van der Waals surface area contributed by atoms with E-state index in [1.165, 1.54) is 0 Å². The molecule has 1 saturated carbocycles. The highest BCUT2D eigenvalue weighted by molar-refractivity contribution is 6.09. The maximum Gasteiger partial charge on any atom is 0.330 e. The lowest BCUT2D eigenvalue weighted by atomic mass is 9.65. The average molecular weight is 581 g/mol. The van der Waals surface area contributed by atoms with Gasteiger partial charge in [0.2, 0.25) is 5.41 Å². The van der Waals surface area contributed by atoms with Crippen LogP contribution in [0.1, 0.15) is 71.1 Å². The molecule has 3 aromatic rings. The number of methoxy groups -OCH3 is 2. The van der Waals surface area contributed by atoms with Crippen LogP contribution in [-0.4, -0.2) is 55.0 Å². The number of benzene rings is 3. The summed E-state index contributed by atoms with van der Waals surface area (Å²) in [5.41, 5.74) is 0.554. The molecule has 9 nitrogen and oxygen atoms in total. The molecule has 0 amide bonds. The second kappa shape index (κ2) is 10.3. The molecule has 1 unspecified atom stereocenters. The van der Waals surface area contributed by atoms with E-state index in [4.69, 9.17) is 24.0 Å². The van der Waals surface area contributed by atoms with Gasteiger partial charge in [0.1, 0.15) is 23.6 Å². The average Bonchev–Trinajstić information content (AvgIpc) is 3.36. The van der Waals surface area contributed by atoms with Gasteiger partial charge in [-0.3, -0.25) is 19.4 Å². The Bertz CT molecular complexity index is 1590. The maximum absolute atomic E-state index is 14.7. The number of carbonyl (C=O) groups is 3. The molecule has 3 atom stereocenters. The largest absolute Gasteiger partial charge is 0.497 e. The lowest BCUT2D eigenvalue weighted by Gasteiger charge is -2.47. The number of nitrogens with zero attached hydrogens (tertiary/aromatic N) is 2. The van der Waals surface area contributed by atoms with Crippen molar-refractivity contribution in [3.05, 3.63) is 95.1 Å². The fourth-order valence-corrected chi connectivity index (χ4v) is 7.31. The van der Waals surface area contributed by atoms with Gasteiger partial charge >= 0.3 is 11.9 Å². The number of ketones is 1. The van der Waals surface area contributed by atoms with Gasteiger partial charge in [0.25, 0.3) is 5.79 Å². The fourth-order valence-electron chi connectivity index (χ4n) is 7.31. The molecule has 7 rings (SSSR count). The summed E-state index contributed by atoms with van der Waals surface area (Å²) in [7, 11) is 3.12. The zero-order valence-electron chi connectivity index (χ0n) is 24.0. The maximum atomic E-state index is 14.7. The zero-order chi connectivity index (χ0) is 29.8. The molecule has 0 bridgehead atoms. The van der Waals surface area contributed by atoms with Crippen LogP contribution in [-0.2, 0) is 19.1 Å². The highest BCUT2D eigenvalue weighted by Crippen LogP contribution is 2.63. The van der Waals surface area contributed by atoms with E-state index in [2.05, 4.69) is 0 Å². The van der Waals surface area contributed by atoms with Crippen LogP contribution in [0.2, 0.25) is 0 Å². The molecule has 0 radical (unpaired) electrons. The van der Waals surface area contributed by atoms with Crippen molar-refractivity contribution in [1.29, 1.82) is 0 Å². The van der Waals surface area contributed by atoms with Gasteiger partial charge in [-0.15, -0.1) is 0 Å². The molecule has 0 N–H and O–H groups in total. The molecular formula is C34H32N2O7. The Morgan fingerprint density at radius 3 is 2.07 bits per heavy atom. The normalized spacial score (nSPS) is 24.6. The minimum Gasteiger partial charge on any atom is -0.497 e. The van der Waals surface area contributed by atoms with Gasteiger partial charge in [-0.2, -0.15) is 5.10 Å². The van der Waals surface area contributed by atoms with Crippen molar-refractivity contribution in [3.63, 3.8) is 0 Å². The van der Waals surface area contributed by atoms with Crippen molar-refractivity contribution in [1.82, 2.24) is 5.01 Å². The number of hydrazone groups is 1. The van der Waals surface area contributed by atoms with Crippen molar-refractivity contribution in [2.75, 3.05) is 14.2 Å². The number of hydrogen-bond acceptors (Lipinski definition) is 9. The first-order valence-electron chi connectivity index (χ1n) is 14.6. The summed E-state index contributed by atoms with van der Waals surface area (Å²) >= 11 is 0. The third kappa shape index (κ3) is 4.05. The van der Waals surface area contributed by atoms with E-state index >= 15 is 0 Å². The minimum atomic E-state index is -1.90. The summed E-state index contributed by atoms with van der Waals surface area (Å²) in [5.74, 6) is -2.72. The van der Waals surface area contributed by atoms with Crippen LogP contribution in [0.5, 0.6) is 11.5 Å². The van der Waals surface area contributed by atoms with E-state index in [0.29, 0.717) is 41.0 Å². The Morgan fingerprint density at radius 1 is 0.837 bits per heavy atom. The molecule has 9 heteroatoms. The Hall–Kier alpha value is -4.66. The van der Waals surface area contributed by atoms with Gasteiger partial charge in [-0.1, -0.05) is 42.8 Å². The lowest BCUT2D eigenvalue weighted by Crippen LogP contribution is -2.60. The van der Waals surface area contributed by atoms with E-state index in [1.807, 2.05) is 24.3 Å². The Morgan fingerprint density at radius 2 is 1.44 bits per heavy atom. The van der Waals surface area contributed by atoms with Crippen molar-refractivity contribution in [3.8, 4) is 11.5 Å². The number of ether oxygens (including phenoxy) is 4. The molecule has 3 fully saturated rings. The fraction of sp³-hybridized carbons (Fsp3) is 0.353. The summed E-state index contributed by atoms with van der Waals surface area (Å²) in [6, 6.07) is 19.4. The SMILES string of the molecule is COc1ccc(C(=O)[C@H]2[C@H](c3ccc(OC)cc3)C3(C(=O)OC4(CCCCC4)OC3=O)C3c4ccccc4C=NN32)cc1. The predicted octanol–water partition coefficient (Wildman–Crippen LogP) is 5.19. The Labute approximate surface area is 249 Å². The van der Waals surface area contributed by atoms with Crippen molar-refractivity contribution in [2.45, 2.75) is 55.9 Å². The van der Waals surface area contributed by atoms with Gasteiger partial charge in [-0.25, -0.2) is 0 Å². The molecule has 3 heterocycles. The highest BCUT2D eigenvalue weighted by atomic mass is 16.7. The van der Waals surface area contributed by atoms with Gasteiger partial charge in [0, 0.05) is 24.3 Å². The smallest absolute Gasteiger partial charge is 0.330 e. The summed E-state index contributed by atoms with van der Waals surface area (Å²) in [5, 5.41) is 6.37. The summed E-state index contributed by atoms with van der Waals surface area (Å²) in [6.45, 7) is 0. The van der Waals surface area contributed by atoms with Crippen molar-refractivity contribution < 1.29 is 33.3 Å². The van der Waals surface area contributed by atoms with E-state index < -0.39 is 41.1 Å². The van der Waals surface area contributed by atoms with E-state index in [1.54, 1.807) is 74.0 Å². The predicted molar refractivity (Wildman–Crippen MR) is 156 cm³/mol. The van der Waals surface area contributed by atoms with Crippen LogP contribution in [0.3, 0.4) is 0 Å². The molecule has 220 valence electrons. The molecule has 43 heavy (non-hydrogen) atoms. The first-order valence-corrected chi connectivity index (χ1v) is 14.6. The second-order valence-electron chi connectivity index (χ2n) is 11.6. The van der Waals surface area contributed by atoms with E-state index in [9.17, 15) is 14.4 Å². The topological polar surface area (TPSA) is 104 Å². The summed E-state index contributed by atoms with van der Waals surface area (Å²) < 4.78 is 23.2. The van der Waals surface area contributed by atoms with E-state index in [0.717, 1.165) is 24.8 Å². The molecule has 4 aliphatic rings.